The second kappa shape index (κ2) is 9.80. The zero-order valence-corrected chi connectivity index (χ0v) is 18.3. The first-order valence-corrected chi connectivity index (χ1v) is 11.0. The number of amides is 1. The van der Waals surface area contributed by atoms with Crippen molar-refractivity contribution in [1.29, 1.82) is 0 Å². The molecule has 1 heterocycles. The van der Waals surface area contributed by atoms with Crippen molar-refractivity contribution in [2.24, 2.45) is 0 Å². The van der Waals surface area contributed by atoms with E-state index in [1.807, 2.05) is 36.4 Å². The monoisotopic (exact) mass is 431 g/mol. The summed E-state index contributed by atoms with van der Waals surface area (Å²) in [5.41, 5.74) is 4.24. The maximum absolute atomic E-state index is 12.3. The number of rotatable bonds is 8. The van der Waals surface area contributed by atoms with Crippen LogP contribution in [0.15, 0.2) is 78.9 Å². The minimum absolute atomic E-state index is 0.0146. The fourth-order valence-corrected chi connectivity index (χ4v) is 4.14. The number of halogens is 1. The van der Waals surface area contributed by atoms with Gasteiger partial charge in [0.05, 0.1) is 23.5 Å². The van der Waals surface area contributed by atoms with Crippen LogP contribution in [0, 0.1) is 0 Å². The Morgan fingerprint density at radius 3 is 2.52 bits per heavy atom. The average molecular weight is 432 g/mol. The van der Waals surface area contributed by atoms with E-state index in [-0.39, 0.29) is 11.9 Å². The van der Waals surface area contributed by atoms with Crippen molar-refractivity contribution in [3.05, 3.63) is 101 Å². The number of hydrogen-bond acceptors (Lipinski definition) is 2. The molecule has 1 N–H and O–H groups in total. The van der Waals surface area contributed by atoms with Gasteiger partial charge in [0, 0.05) is 18.0 Å². The van der Waals surface area contributed by atoms with Crippen LogP contribution in [0.3, 0.4) is 0 Å². The van der Waals surface area contributed by atoms with E-state index in [2.05, 4.69) is 59.3 Å². The SMILES string of the molecule is CC(c1ccccc1)n1c(CCCNC(=O)Cc2ccccc2Cl)nc2ccccc21. The largest absolute Gasteiger partial charge is 0.356 e. The molecule has 1 amide bonds. The van der Waals surface area contributed by atoms with Crippen molar-refractivity contribution in [3.63, 3.8) is 0 Å². The Morgan fingerprint density at radius 2 is 1.71 bits per heavy atom. The van der Waals surface area contributed by atoms with Gasteiger partial charge in [-0.05, 0) is 42.7 Å². The molecule has 3 aromatic carbocycles. The summed E-state index contributed by atoms with van der Waals surface area (Å²) >= 11 is 6.15. The quantitative estimate of drug-likeness (QED) is 0.369. The van der Waals surface area contributed by atoms with Gasteiger partial charge in [0.25, 0.3) is 0 Å². The van der Waals surface area contributed by atoms with Gasteiger partial charge >= 0.3 is 0 Å². The van der Waals surface area contributed by atoms with Crippen LogP contribution in [0.25, 0.3) is 11.0 Å². The van der Waals surface area contributed by atoms with Crippen LogP contribution in [0.5, 0.6) is 0 Å². The Hall–Kier alpha value is -3.11. The van der Waals surface area contributed by atoms with E-state index in [4.69, 9.17) is 16.6 Å². The molecule has 1 atom stereocenters. The molecule has 5 heteroatoms. The van der Waals surface area contributed by atoms with Gasteiger partial charge < -0.3 is 9.88 Å². The van der Waals surface area contributed by atoms with E-state index in [0.717, 1.165) is 35.3 Å². The minimum atomic E-state index is -0.0146. The number of fused-ring (bicyclic) bond motifs is 1. The Labute approximate surface area is 187 Å². The van der Waals surface area contributed by atoms with E-state index in [9.17, 15) is 4.79 Å². The highest BCUT2D eigenvalue weighted by Gasteiger charge is 2.17. The lowest BCUT2D eigenvalue weighted by Gasteiger charge is -2.18. The van der Waals surface area contributed by atoms with Gasteiger partial charge in [0.15, 0.2) is 0 Å². The highest BCUT2D eigenvalue weighted by atomic mass is 35.5. The van der Waals surface area contributed by atoms with Crippen LogP contribution in [0.2, 0.25) is 5.02 Å². The fourth-order valence-electron chi connectivity index (χ4n) is 3.94. The molecule has 4 rings (SSSR count). The first-order valence-electron chi connectivity index (χ1n) is 10.6. The topological polar surface area (TPSA) is 46.9 Å². The number of nitrogens with one attached hydrogen (secondary N) is 1. The molecule has 0 saturated heterocycles. The Balaban J connectivity index is 1.43. The van der Waals surface area contributed by atoms with Crippen molar-refractivity contribution in [2.75, 3.05) is 6.54 Å². The molecule has 158 valence electrons. The molecule has 0 radical (unpaired) electrons. The molecule has 0 saturated carbocycles. The first kappa shape index (κ1) is 21.1. The lowest BCUT2D eigenvalue weighted by atomic mass is 10.1. The summed E-state index contributed by atoms with van der Waals surface area (Å²) in [7, 11) is 0. The summed E-state index contributed by atoms with van der Waals surface area (Å²) in [5, 5.41) is 3.63. The fraction of sp³-hybridized carbons (Fsp3) is 0.231. The van der Waals surface area contributed by atoms with Gasteiger partial charge in [-0.3, -0.25) is 4.79 Å². The molecule has 1 unspecified atom stereocenters. The molecule has 0 bridgehead atoms. The summed E-state index contributed by atoms with van der Waals surface area (Å²) < 4.78 is 2.32. The maximum atomic E-state index is 12.3. The summed E-state index contributed by atoms with van der Waals surface area (Å²) in [6, 6.07) is 26.4. The molecular formula is C26H26ClN3O. The van der Waals surface area contributed by atoms with E-state index in [1.54, 1.807) is 0 Å². The predicted molar refractivity (Wildman–Crippen MR) is 126 cm³/mol. The molecule has 0 aliphatic rings. The summed E-state index contributed by atoms with van der Waals surface area (Å²) in [6.07, 6.45) is 1.90. The van der Waals surface area contributed by atoms with Crippen LogP contribution in [-0.2, 0) is 17.6 Å². The molecule has 0 aliphatic carbocycles. The van der Waals surface area contributed by atoms with Crippen molar-refractivity contribution >= 4 is 28.5 Å². The van der Waals surface area contributed by atoms with Gasteiger partial charge in [-0.15, -0.1) is 0 Å². The van der Waals surface area contributed by atoms with Crippen LogP contribution in [-0.4, -0.2) is 22.0 Å². The van der Waals surface area contributed by atoms with Crippen molar-refractivity contribution in [2.45, 2.75) is 32.2 Å². The van der Waals surface area contributed by atoms with E-state index in [1.165, 1.54) is 5.56 Å². The smallest absolute Gasteiger partial charge is 0.224 e. The van der Waals surface area contributed by atoms with Gasteiger partial charge in [-0.1, -0.05) is 72.3 Å². The van der Waals surface area contributed by atoms with Gasteiger partial charge in [0.1, 0.15) is 5.82 Å². The second-order valence-electron chi connectivity index (χ2n) is 7.70. The highest BCUT2D eigenvalue weighted by molar-refractivity contribution is 6.31. The Morgan fingerprint density at radius 1 is 1.00 bits per heavy atom. The zero-order valence-electron chi connectivity index (χ0n) is 17.6. The van der Waals surface area contributed by atoms with E-state index < -0.39 is 0 Å². The van der Waals surface area contributed by atoms with E-state index >= 15 is 0 Å². The number of imidazole rings is 1. The lowest BCUT2D eigenvalue weighted by Crippen LogP contribution is -2.26. The number of para-hydroxylation sites is 2. The van der Waals surface area contributed by atoms with Crippen molar-refractivity contribution in [1.82, 2.24) is 14.9 Å². The average Bonchev–Trinajstić information content (AvgIpc) is 3.16. The van der Waals surface area contributed by atoms with Crippen LogP contribution in [0.4, 0.5) is 0 Å². The minimum Gasteiger partial charge on any atom is -0.356 e. The summed E-state index contributed by atoms with van der Waals surface area (Å²) in [4.78, 5) is 17.2. The van der Waals surface area contributed by atoms with Crippen molar-refractivity contribution in [3.8, 4) is 0 Å². The number of aryl methyl sites for hydroxylation is 1. The highest BCUT2D eigenvalue weighted by Crippen LogP contribution is 2.26. The van der Waals surface area contributed by atoms with Crippen LogP contribution >= 0.6 is 11.6 Å². The molecule has 0 spiro atoms. The molecule has 4 nitrogen and oxygen atoms in total. The number of hydrogen-bond donors (Lipinski definition) is 1. The number of carbonyl (C=O) groups is 1. The zero-order chi connectivity index (χ0) is 21.6. The van der Waals surface area contributed by atoms with E-state index in [0.29, 0.717) is 18.0 Å². The molecule has 0 fully saturated rings. The second-order valence-corrected chi connectivity index (χ2v) is 8.10. The summed E-state index contributed by atoms with van der Waals surface area (Å²) in [5.74, 6) is 1.03. The van der Waals surface area contributed by atoms with Crippen LogP contribution < -0.4 is 5.32 Å². The molecule has 0 aliphatic heterocycles. The molecule has 4 aromatic rings. The Kier molecular flexibility index (Phi) is 6.68. The third-order valence-electron chi connectivity index (χ3n) is 5.55. The number of nitrogens with zero attached hydrogens (tertiary/aromatic N) is 2. The molecule has 31 heavy (non-hydrogen) atoms. The van der Waals surface area contributed by atoms with Gasteiger partial charge in [-0.2, -0.15) is 0 Å². The first-order chi connectivity index (χ1) is 15.1. The van der Waals surface area contributed by atoms with Gasteiger partial charge in [-0.25, -0.2) is 4.98 Å². The molecule has 1 aromatic heterocycles. The Bertz CT molecular complexity index is 1170. The number of carbonyl (C=O) groups excluding carboxylic acids is 1. The lowest BCUT2D eigenvalue weighted by molar-refractivity contribution is -0.120. The normalized spacial score (nSPS) is 12.1. The molecular weight excluding hydrogens is 406 g/mol. The standard InChI is InChI=1S/C26H26ClN3O/c1-19(20-10-3-2-4-11-20)30-24-15-8-7-14-23(24)29-25(30)16-9-17-28-26(31)18-21-12-5-6-13-22(21)27/h2-8,10-15,19H,9,16-18H2,1H3,(H,28,31). The maximum Gasteiger partial charge on any atom is 0.224 e. The third-order valence-corrected chi connectivity index (χ3v) is 5.92. The third kappa shape index (κ3) is 4.97. The number of benzene rings is 3. The number of aromatic nitrogens is 2. The van der Waals surface area contributed by atoms with Crippen LogP contribution in [0.1, 0.15) is 36.3 Å². The van der Waals surface area contributed by atoms with Crippen molar-refractivity contribution < 1.29 is 4.79 Å². The summed E-state index contributed by atoms with van der Waals surface area (Å²) in [6.45, 7) is 2.81. The predicted octanol–water partition coefficient (Wildman–Crippen LogP) is 5.59. The van der Waals surface area contributed by atoms with Gasteiger partial charge in [0.2, 0.25) is 5.91 Å².